The molecule has 0 fully saturated rings. The van der Waals surface area contributed by atoms with Gasteiger partial charge in [0.25, 0.3) is 0 Å². The Morgan fingerprint density at radius 1 is 0.236 bits per heavy atom. The Labute approximate surface area is 381 Å². The van der Waals surface area contributed by atoms with E-state index < -0.39 is 12.2 Å². The van der Waals surface area contributed by atoms with Crippen LogP contribution in [0.4, 0.5) is 0 Å². The standard InChI is InChI=1S/2C22H47O2PS2.Zn/c2*1-3-5-7-9-11-13-15-17-19-21-23-25(26,27)24-22-20-18-16-14-12-10-8-6-4-2;/h2*3-22H2,1-2H3,(H,26,27);/q;;+2/p-2. The van der Waals surface area contributed by atoms with Gasteiger partial charge in [0, 0.05) is 12.2 Å². The smallest absolute Gasteiger partial charge is 0.516 e. The number of hydrogen-bond donors (Lipinski definition) is 0. The first-order chi connectivity index (χ1) is 26.2. The van der Waals surface area contributed by atoms with Gasteiger partial charge in [-0.3, -0.25) is 18.1 Å². The van der Waals surface area contributed by atoms with Crippen LogP contribution in [0.2, 0.25) is 0 Å². The molecule has 0 aromatic carbocycles. The fourth-order valence-electron chi connectivity index (χ4n) is 6.43. The van der Waals surface area contributed by atoms with Crippen LogP contribution in [0, 0.1) is 0 Å². The number of hydrogen-bond acceptors (Lipinski definition) is 8. The Balaban J connectivity index is -0.000000966. The molecule has 0 rings (SSSR count). The van der Waals surface area contributed by atoms with Crippen molar-refractivity contribution in [2.45, 2.75) is 259 Å². The van der Waals surface area contributed by atoms with E-state index in [1.165, 1.54) is 205 Å². The Hall–Kier alpha value is 2.72. The van der Waals surface area contributed by atoms with Gasteiger partial charge in [0.1, 0.15) is 0 Å². The predicted octanol–water partition coefficient (Wildman–Crippen LogP) is 17.7. The molecular formula is C44H92O4P2S4Zn. The molecule has 0 aromatic heterocycles. The second-order valence-corrected chi connectivity index (χ2v) is 25.5. The Kier molecular flexibility index (Phi) is 57.6. The average Bonchev–Trinajstić information content (AvgIpc) is 3.15. The van der Waals surface area contributed by atoms with Crippen molar-refractivity contribution in [3.05, 3.63) is 0 Å². The molecule has 0 unspecified atom stereocenters. The minimum Gasteiger partial charge on any atom is -0.516 e. The van der Waals surface area contributed by atoms with E-state index in [0.717, 1.165) is 25.7 Å². The van der Waals surface area contributed by atoms with Gasteiger partial charge in [-0.05, 0) is 25.7 Å². The van der Waals surface area contributed by atoms with Crippen LogP contribution < -0.4 is 0 Å². The molecule has 4 nitrogen and oxygen atoms in total. The van der Waals surface area contributed by atoms with E-state index in [4.69, 9.17) is 67.1 Å². The Bertz CT molecular complexity index is 594. The van der Waals surface area contributed by atoms with E-state index in [-0.39, 0.29) is 19.5 Å². The summed E-state index contributed by atoms with van der Waals surface area (Å²) in [5.41, 5.74) is 0. The van der Waals surface area contributed by atoms with Crippen molar-refractivity contribution in [1.82, 2.24) is 0 Å². The molecule has 0 heterocycles. The van der Waals surface area contributed by atoms with Crippen LogP contribution in [-0.4, -0.2) is 26.4 Å². The van der Waals surface area contributed by atoms with Crippen molar-refractivity contribution in [1.29, 1.82) is 0 Å². The van der Waals surface area contributed by atoms with Gasteiger partial charge in [-0.25, -0.2) is 0 Å². The molecule has 0 aliphatic carbocycles. The average molecular weight is 941 g/mol. The van der Waals surface area contributed by atoms with E-state index >= 15 is 0 Å². The van der Waals surface area contributed by atoms with Crippen LogP contribution in [0.15, 0.2) is 0 Å². The molecule has 0 saturated carbocycles. The molecule has 0 aromatic rings. The van der Waals surface area contributed by atoms with Gasteiger partial charge in [0.15, 0.2) is 0 Å². The molecule has 55 heavy (non-hydrogen) atoms. The van der Waals surface area contributed by atoms with Crippen LogP contribution in [0.25, 0.3) is 0 Å². The van der Waals surface area contributed by atoms with E-state index in [9.17, 15) is 0 Å². The molecule has 0 N–H and O–H groups in total. The molecule has 0 aliphatic heterocycles. The Morgan fingerprint density at radius 2 is 0.364 bits per heavy atom. The third kappa shape index (κ3) is 56.7. The summed E-state index contributed by atoms with van der Waals surface area (Å²) >= 11 is 21.4. The summed E-state index contributed by atoms with van der Waals surface area (Å²) in [6, 6.07) is 0. The summed E-state index contributed by atoms with van der Waals surface area (Å²) in [7, 11) is 0. The summed E-state index contributed by atoms with van der Waals surface area (Å²) in [4.78, 5) is 0. The second-order valence-electron chi connectivity index (χ2n) is 15.5. The van der Waals surface area contributed by atoms with Crippen molar-refractivity contribution in [2.75, 3.05) is 26.4 Å². The quantitative estimate of drug-likeness (QED) is 0.0259. The van der Waals surface area contributed by atoms with Gasteiger partial charge in [0.2, 0.25) is 0 Å². The van der Waals surface area contributed by atoms with Crippen LogP contribution in [-0.2, 0) is 86.6 Å². The van der Waals surface area contributed by atoms with Crippen molar-refractivity contribution >= 4 is 61.2 Å². The summed E-state index contributed by atoms with van der Waals surface area (Å²) in [5, 5.41) is 0. The van der Waals surface area contributed by atoms with Gasteiger partial charge in [-0.2, -0.15) is 0 Å². The minimum absolute atomic E-state index is 0. The summed E-state index contributed by atoms with van der Waals surface area (Å²) in [6.45, 7) is 11.8. The third-order valence-electron chi connectivity index (χ3n) is 9.99. The molecule has 0 amide bonds. The molecule has 0 bridgehead atoms. The Morgan fingerprint density at radius 3 is 0.509 bits per heavy atom. The molecule has 11 heteroatoms. The van der Waals surface area contributed by atoms with Crippen LogP contribution >= 0.6 is 12.2 Å². The van der Waals surface area contributed by atoms with E-state index in [0.29, 0.717) is 26.4 Å². The second kappa shape index (κ2) is 51.1. The number of rotatable bonds is 44. The van der Waals surface area contributed by atoms with E-state index in [2.05, 4.69) is 27.7 Å². The van der Waals surface area contributed by atoms with Gasteiger partial charge < -0.3 is 49.0 Å². The topological polar surface area (TPSA) is 36.9 Å². The maximum Gasteiger partial charge on any atom is 2.00 e. The van der Waals surface area contributed by atoms with Crippen molar-refractivity contribution in [3.63, 3.8) is 0 Å². The maximum absolute atomic E-state index is 5.69. The normalized spacial score (nSPS) is 11.8. The zero-order chi connectivity index (χ0) is 40.1. The van der Waals surface area contributed by atoms with E-state index in [1.54, 1.807) is 0 Å². The van der Waals surface area contributed by atoms with Crippen molar-refractivity contribution < 1.29 is 37.6 Å². The fourth-order valence-corrected chi connectivity index (χ4v) is 9.78. The molecule has 0 saturated heterocycles. The van der Waals surface area contributed by atoms with Gasteiger partial charge >= 0.3 is 19.5 Å². The summed E-state index contributed by atoms with van der Waals surface area (Å²) < 4.78 is 22.8. The van der Waals surface area contributed by atoms with Gasteiger partial charge in [-0.1, -0.05) is 233 Å². The molecular weight excluding hydrogens is 848 g/mol. The monoisotopic (exact) mass is 938 g/mol. The van der Waals surface area contributed by atoms with Gasteiger partial charge in [-0.15, -0.1) is 0 Å². The molecule has 0 atom stereocenters. The maximum atomic E-state index is 5.69. The first-order valence-electron chi connectivity index (χ1n) is 23.4. The molecule has 328 valence electrons. The van der Waals surface area contributed by atoms with Gasteiger partial charge in [0.05, 0.1) is 26.4 Å². The SMILES string of the molecule is CCCCCCCCCCCO[P+]([S-])([S-])OCCCCCCCCCCC.CCCCCCCCCCCO[P+]([S-])([S-])OCCCCCCCCCCC.[Zn+2]. The number of unbranched alkanes of at least 4 members (excludes halogenated alkanes) is 32. The molecule has 0 spiro atoms. The fraction of sp³-hybridized carbons (Fsp3) is 1.00. The molecule has 0 aliphatic rings. The minimum atomic E-state index is -2.42. The van der Waals surface area contributed by atoms with Crippen LogP contribution in [0.5, 0.6) is 0 Å². The van der Waals surface area contributed by atoms with Crippen molar-refractivity contribution in [3.8, 4) is 0 Å². The molecule has 0 radical (unpaired) electrons. The van der Waals surface area contributed by atoms with E-state index in [1.807, 2.05) is 0 Å². The predicted molar refractivity (Wildman–Crippen MR) is 256 cm³/mol. The zero-order valence-electron chi connectivity index (χ0n) is 37.2. The van der Waals surface area contributed by atoms with Crippen LogP contribution in [0.1, 0.15) is 259 Å². The third-order valence-corrected chi connectivity index (χ3v) is 14.5. The van der Waals surface area contributed by atoms with Crippen LogP contribution in [0.3, 0.4) is 0 Å². The largest absolute Gasteiger partial charge is 2.00 e. The first kappa shape index (κ1) is 62.0. The zero-order valence-corrected chi connectivity index (χ0v) is 45.2. The summed E-state index contributed by atoms with van der Waals surface area (Å²) in [5.74, 6) is 0. The van der Waals surface area contributed by atoms with Crippen molar-refractivity contribution in [2.24, 2.45) is 0 Å². The summed E-state index contributed by atoms with van der Waals surface area (Å²) in [6.07, 6.45) is 42.4. The first-order valence-corrected chi connectivity index (χ1v) is 30.7.